The lowest BCUT2D eigenvalue weighted by Crippen LogP contribution is -2.27. The van der Waals surface area contributed by atoms with E-state index in [0.717, 1.165) is 0 Å². The minimum absolute atomic E-state index is 0.287. The van der Waals surface area contributed by atoms with E-state index in [0.29, 0.717) is 11.8 Å². The Morgan fingerprint density at radius 1 is 0.325 bits per heavy atom. The average molecular weight is 999 g/mol. The highest BCUT2D eigenvalue weighted by molar-refractivity contribution is 6.11. The maximum absolute atomic E-state index is 2.62. The molecule has 10 aromatic rings. The second kappa shape index (κ2) is 19.4. The van der Waals surface area contributed by atoms with Gasteiger partial charge in [-0.25, -0.2) is 0 Å². The van der Waals surface area contributed by atoms with Gasteiger partial charge in [0.1, 0.15) is 0 Å². The lowest BCUT2D eigenvalue weighted by atomic mass is 9.67. The fraction of sp³-hybridized carbons (Fsp3) is 0.253. The largest absolute Gasteiger partial charge is 0.310 e. The molecule has 10 aromatic carbocycles. The number of anilines is 6. The molecule has 0 bridgehead atoms. The van der Waals surface area contributed by atoms with Crippen LogP contribution in [-0.2, 0) is 5.41 Å². The molecule has 0 N–H and O–H groups in total. The van der Waals surface area contributed by atoms with Gasteiger partial charge in [0.25, 0.3) is 0 Å². The number of benzene rings is 10. The van der Waals surface area contributed by atoms with Crippen LogP contribution in [0.3, 0.4) is 0 Å². The molecule has 0 aromatic heterocycles. The lowest BCUT2D eigenvalue weighted by molar-refractivity contribution is 0.443. The fourth-order valence-electron chi connectivity index (χ4n) is 15.0. The zero-order chi connectivity index (χ0) is 51.8. The molecule has 4 aliphatic rings. The summed E-state index contributed by atoms with van der Waals surface area (Å²) in [6.45, 7) is 9.56. The predicted molar refractivity (Wildman–Crippen MR) is 327 cm³/mol. The highest BCUT2D eigenvalue weighted by atomic mass is 15.1. The molecule has 0 aliphatic heterocycles. The topological polar surface area (TPSA) is 6.48 Å². The van der Waals surface area contributed by atoms with Crippen LogP contribution in [0.5, 0.6) is 0 Å². The van der Waals surface area contributed by atoms with E-state index in [9.17, 15) is 0 Å². The summed E-state index contributed by atoms with van der Waals surface area (Å²) in [6.07, 6.45) is 13.3. The van der Waals surface area contributed by atoms with E-state index in [2.05, 4.69) is 244 Å². The second-order valence-corrected chi connectivity index (χ2v) is 23.6. The lowest BCUT2D eigenvalue weighted by Gasteiger charge is -2.34. The molecule has 14 rings (SSSR count). The van der Waals surface area contributed by atoms with Gasteiger partial charge >= 0.3 is 0 Å². The van der Waals surface area contributed by atoms with E-state index in [1.165, 1.54) is 187 Å². The van der Waals surface area contributed by atoms with Crippen LogP contribution in [0.1, 0.15) is 160 Å². The van der Waals surface area contributed by atoms with Crippen molar-refractivity contribution in [2.45, 2.75) is 121 Å². The van der Waals surface area contributed by atoms with Crippen molar-refractivity contribution in [3.05, 3.63) is 251 Å². The molecule has 77 heavy (non-hydrogen) atoms. The number of hydrogen-bond acceptors (Lipinski definition) is 2. The first-order valence-electron chi connectivity index (χ1n) is 29.2. The Morgan fingerprint density at radius 2 is 0.675 bits per heavy atom. The summed E-state index contributed by atoms with van der Waals surface area (Å²) in [5, 5.41) is 5.32. The smallest absolute Gasteiger partial charge is 0.0737 e. The number of hydrogen-bond donors (Lipinski definition) is 0. The molecule has 0 radical (unpaired) electrons. The Hall–Kier alpha value is -7.68. The SMILES string of the molecule is CC(C)c1cc2c(c3ccc(N(c4ccccc4)c4ccc(C5CCCCC5)cc4)cc13)C1(c3ccccc3-c3ccccc31)c1c-2cc(C(C)C)c2cc(N(c3ccccc3)c3ccc(C4CCCCC4)cc3)ccc12. The van der Waals surface area contributed by atoms with Crippen molar-refractivity contribution in [1.29, 1.82) is 0 Å². The van der Waals surface area contributed by atoms with Crippen LogP contribution >= 0.6 is 0 Å². The molecule has 2 fully saturated rings. The minimum Gasteiger partial charge on any atom is -0.310 e. The Labute approximate surface area is 457 Å². The summed E-state index contributed by atoms with van der Waals surface area (Å²) in [6, 6.07) is 80.0. The van der Waals surface area contributed by atoms with E-state index < -0.39 is 5.41 Å². The summed E-state index contributed by atoms with van der Waals surface area (Å²) in [5.74, 6) is 1.90. The molecule has 1 spiro atoms. The monoisotopic (exact) mass is 999 g/mol. The summed E-state index contributed by atoms with van der Waals surface area (Å²) in [7, 11) is 0. The molecule has 0 unspecified atom stereocenters. The van der Waals surface area contributed by atoms with Gasteiger partial charge in [-0.05, 0) is 223 Å². The van der Waals surface area contributed by atoms with Gasteiger partial charge in [-0.1, -0.05) is 188 Å². The van der Waals surface area contributed by atoms with Gasteiger partial charge in [-0.3, -0.25) is 0 Å². The van der Waals surface area contributed by atoms with Gasteiger partial charge < -0.3 is 9.80 Å². The Bertz CT molecular complexity index is 3560. The molecule has 0 atom stereocenters. The number of fused-ring (bicyclic) bond motifs is 14. The minimum atomic E-state index is -0.565. The van der Waals surface area contributed by atoms with Crippen molar-refractivity contribution in [3.8, 4) is 22.3 Å². The molecule has 2 nitrogen and oxygen atoms in total. The third-order valence-corrected chi connectivity index (χ3v) is 18.5. The second-order valence-electron chi connectivity index (χ2n) is 23.6. The zero-order valence-electron chi connectivity index (χ0n) is 45.4. The van der Waals surface area contributed by atoms with Crippen molar-refractivity contribution in [3.63, 3.8) is 0 Å². The number of rotatable bonds is 10. The summed E-state index contributed by atoms with van der Waals surface area (Å²) in [5.41, 5.74) is 23.2. The van der Waals surface area contributed by atoms with Crippen molar-refractivity contribution in [2.75, 3.05) is 9.80 Å². The molecule has 4 aliphatic carbocycles. The predicted octanol–water partition coefficient (Wildman–Crippen LogP) is 21.6. The average Bonchev–Trinajstić information content (AvgIpc) is 3.74. The molecule has 380 valence electrons. The van der Waals surface area contributed by atoms with Crippen molar-refractivity contribution in [2.24, 2.45) is 0 Å². The summed E-state index contributed by atoms with van der Waals surface area (Å²) < 4.78 is 0. The van der Waals surface area contributed by atoms with Crippen molar-refractivity contribution in [1.82, 2.24) is 0 Å². The van der Waals surface area contributed by atoms with E-state index in [-0.39, 0.29) is 11.8 Å². The van der Waals surface area contributed by atoms with Gasteiger partial charge in [0.05, 0.1) is 5.41 Å². The van der Waals surface area contributed by atoms with E-state index >= 15 is 0 Å². The number of para-hydroxylation sites is 2. The first-order chi connectivity index (χ1) is 37.9. The fourth-order valence-corrected chi connectivity index (χ4v) is 15.0. The van der Waals surface area contributed by atoms with Crippen LogP contribution in [0.15, 0.2) is 206 Å². The third kappa shape index (κ3) is 7.80. The molecule has 2 saturated carbocycles. The molecule has 2 heteroatoms. The number of nitrogens with zero attached hydrogens (tertiary/aromatic N) is 2. The van der Waals surface area contributed by atoms with E-state index in [1.807, 2.05) is 0 Å². The van der Waals surface area contributed by atoms with E-state index in [1.54, 1.807) is 0 Å². The van der Waals surface area contributed by atoms with Crippen molar-refractivity contribution < 1.29 is 0 Å². The molecular formula is C75H70N2. The van der Waals surface area contributed by atoms with Gasteiger partial charge in [0, 0.05) is 34.1 Å². The van der Waals surface area contributed by atoms with Gasteiger partial charge in [-0.15, -0.1) is 0 Å². The first-order valence-corrected chi connectivity index (χ1v) is 29.2. The standard InChI is InChI=1S/C75H70N2/c1-49(2)65-47-69-70-48-66(50(3)4)68-46-60(77(56-27-15-8-16-28-56)58-39-35-54(36-40-58)52-23-11-6-12-24-52)42-44-64(68)74(70)75(71-31-19-17-29-61(71)62-30-18-20-32-72(62)75)73(69)63-43-41-59(45-67(63)65)76(55-25-13-7-14-26-55)57-37-33-53(34-38-57)51-21-9-5-10-22-51/h7-8,13-20,25-52H,5-6,9-12,21-24H2,1-4H3. The van der Waals surface area contributed by atoms with Crippen LogP contribution in [-0.4, -0.2) is 0 Å². The third-order valence-electron chi connectivity index (χ3n) is 18.5. The highest BCUT2D eigenvalue weighted by Gasteiger charge is 2.54. The van der Waals surface area contributed by atoms with Crippen LogP contribution in [0, 0.1) is 0 Å². The maximum Gasteiger partial charge on any atom is 0.0737 e. The molecule has 0 heterocycles. The first kappa shape index (κ1) is 47.7. The normalized spacial score (nSPS) is 15.8. The van der Waals surface area contributed by atoms with Gasteiger partial charge in [0.15, 0.2) is 0 Å². The highest BCUT2D eigenvalue weighted by Crippen LogP contribution is 2.66. The van der Waals surface area contributed by atoms with Crippen molar-refractivity contribution >= 4 is 55.7 Å². The zero-order valence-corrected chi connectivity index (χ0v) is 45.4. The van der Waals surface area contributed by atoms with Gasteiger partial charge in [-0.2, -0.15) is 0 Å². The van der Waals surface area contributed by atoms with Crippen LogP contribution in [0.25, 0.3) is 43.8 Å². The Morgan fingerprint density at radius 3 is 1.06 bits per heavy atom. The van der Waals surface area contributed by atoms with E-state index in [4.69, 9.17) is 0 Å². The van der Waals surface area contributed by atoms with Gasteiger partial charge in [0.2, 0.25) is 0 Å². The summed E-state index contributed by atoms with van der Waals surface area (Å²) >= 11 is 0. The Kier molecular flexibility index (Phi) is 12.0. The quantitative estimate of drug-likeness (QED) is 0.135. The maximum atomic E-state index is 2.62. The molecule has 0 saturated heterocycles. The molecular weight excluding hydrogens is 929 g/mol. The Balaban J connectivity index is 1.00. The summed E-state index contributed by atoms with van der Waals surface area (Å²) in [4.78, 5) is 4.96. The van der Waals surface area contributed by atoms with Crippen LogP contribution < -0.4 is 9.80 Å². The van der Waals surface area contributed by atoms with Crippen LogP contribution in [0.2, 0.25) is 0 Å². The van der Waals surface area contributed by atoms with Crippen LogP contribution in [0.4, 0.5) is 34.1 Å². The molecule has 0 amide bonds.